The van der Waals surface area contributed by atoms with Gasteiger partial charge in [-0.05, 0) is 19.9 Å². The Hall–Kier alpha value is -0.110. The van der Waals surface area contributed by atoms with Gasteiger partial charge in [-0.1, -0.05) is 0 Å². The summed E-state index contributed by atoms with van der Waals surface area (Å²) >= 11 is 0. The van der Waals surface area contributed by atoms with E-state index in [1.807, 2.05) is 7.05 Å². The molecule has 0 radical (unpaired) electrons. The Bertz CT molecular complexity index is 110. The van der Waals surface area contributed by atoms with Gasteiger partial charge in [0.05, 0.1) is 5.54 Å². The zero-order chi connectivity index (χ0) is 5.78. The highest BCUT2D eigenvalue weighted by Gasteiger charge is 2.60. The van der Waals surface area contributed by atoms with Crippen LogP contribution in [0, 0.1) is 0 Å². The van der Waals surface area contributed by atoms with E-state index in [2.05, 4.69) is 4.90 Å². The number of rotatable bonds is 0. The van der Waals surface area contributed by atoms with Crippen LogP contribution < -0.4 is 0 Å². The highest BCUT2D eigenvalue weighted by Crippen LogP contribution is 2.51. The van der Waals surface area contributed by atoms with Crippen molar-refractivity contribution in [3.63, 3.8) is 0 Å². The first kappa shape index (κ1) is 4.74. The van der Waals surface area contributed by atoms with E-state index in [1.165, 1.54) is 0 Å². The van der Waals surface area contributed by atoms with Gasteiger partial charge >= 0.3 is 0 Å². The summed E-state index contributed by atoms with van der Waals surface area (Å²) < 4.78 is 12.6. The van der Waals surface area contributed by atoms with E-state index in [0.717, 1.165) is 12.8 Å². The molecule has 1 nitrogen and oxygen atoms in total. The zero-order valence-electron chi connectivity index (χ0n) is 5.02. The Kier molecular flexibility index (Phi) is 0.639. The molecule has 1 heterocycles. The first-order valence-electron chi connectivity index (χ1n) is 3.11. The molecule has 1 saturated heterocycles. The van der Waals surface area contributed by atoms with Crippen LogP contribution in [0.5, 0.6) is 0 Å². The third-order valence-corrected chi connectivity index (χ3v) is 2.54. The second-order valence-corrected chi connectivity index (χ2v) is 2.95. The Balaban J connectivity index is 2.11. The molecule has 2 fully saturated rings. The molecule has 1 spiro atoms. The van der Waals surface area contributed by atoms with Crippen LogP contribution in [-0.2, 0) is 0 Å². The van der Waals surface area contributed by atoms with Gasteiger partial charge in [-0.2, -0.15) is 0 Å². The van der Waals surface area contributed by atoms with E-state index >= 15 is 0 Å². The van der Waals surface area contributed by atoms with Crippen LogP contribution >= 0.6 is 0 Å². The molecular weight excluding hydrogens is 105 g/mol. The van der Waals surface area contributed by atoms with Gasteiger partial charge in [-0.25, -0.2) is 4.39 Å². The first-order valence-corrected chi connectivity index (χ1v) is 3.11. The molecule has 0 amide bonds. The standard InChI is InChI=1S/C6H10FN/c1-8-4-5(7)6(8)2-3-6/h5H,2-4H2,1H3. The summed E-state index contributed by atoms with van der Waals surface area (Å²) in [6, 6.07) is 0. The van der Waals surface area contributed by atoms with Crippen LogP contribution in [0.1, 0.15) is 12.8 Å². The number of nitrogens with zero attached hydrogens (tertiary/aromatic N) is 1. The van der Waals surface area contributed by atoms with E-state index in [9.17, 15) is 4.39 Å². The zero-order valence-corrected chi connectivity index (χ0v) is 5.02. The molecule has 2 rings (SSSR count). The van der Waals surface area contributed by atoms with Crippen molar-refractivity contribution in [2.75, 3.05) is 13.6 Å². The Morgan fingerprint density at radius 3 is 2.38 bits per heavy atom. The molecule has 0 N–H and O–H groups in total. The van der Waals surface area contributed by atoms with Crippen LogP contribution in [0.15, 0.2) is 0 Å². The van der Waals surface area contributed by atoms with E-state index < -0.39 is 6.17 Å². The fourth-order valence-electron chi connectivity index (χ4n) is 1.54. The van der Waals surface area contributed by atoms with Gasteiger partial charge in [0.15, 0.2) is 0 Å². The maximum absolute atomic E-state index is 12.6. The minimum atomic E-state index is -0.507. The molecule has 0 aromatic carbocycles. The van der Waals surface area contributed by atoms with Gasteiger partial charge in [-0.3, -0.25) is 4.90 Å². The monoisotopic (exact) mass is 115 g/mol. The van der Waals surface area contributed by atoms with Crippen molar-refractivity contribution in [3.8, 4) is 0 Å². The molecule has 0 aromatic rings. The van der Waals surface area contributed by atoms with Crippen LogP contribution in [0.3, 0.4) is 0 Å². The lowest BCUT2D eigenvalue weighted by Crippen LogP contribution is -2.58. The molecule has 1 aliphatic heterocycles. The Labute approximate surface area is 48.5 Å². The molecule has 1 aliphatic carbocycles. The number of halogens is 1. The number of hydrogen-bond donors (Lipinski definition) is 0. The molecule has 0 bridgehead atoms. The van der Waals surface area contributed by atoms with E-state index in [0.29, 0.717) is 6.54 Å². The van der Waals surface area contributed by atoms with Crippen molar-refractivity contribution in [2.24, 2.45) is 0 Å². The molecule has 2 aliphatic rings. The fraction of sp³-hybridized carbons (Fsp3) is 1.00. The summed E-state index contributed by atoms with van der Waals surface area (Å²) in [4.78, 5) is 2.12. The third-order valence-electron chi connectivity index (χ3n) is 2.54. The predicted molar refractivity (Wildman–Crippen MR) is 29.5 cm³/mol. The minimum absolute atomic E-state index is 0.0556. The van der Waals surface area contributed by atoms with Gasteiger partial charge in [0.1, 0.15) is 6.17 Å². The van der Waals surface area contributed by atoms with Crippen molar-refractivity contribution in [1.29, 1.82) is 0 Å². The van der Waals surface area contributed by atoms with Gasteiger partial charge in [-0.15, -0.1) is 0 Å². The molecule has 0 aromatic heterocycles. The van der Waals surface area contributed by atoms with Crippen molar-refractivity contribution >= 4 is 0 Å². The van der Waals surface area contributed by atoms with Crippen LogP contribution in [-0.4, -0.2) is 30.2 Å². The summed E-state index contributed by atoms with van der Waals surface area (Å²) in [7, 11) is 2.00. The van der Waals surface area contributed by atoms with E-state index in [1.54, 1.807) is 0 Å². The SMILES string of the molecule is CN1CC(F)C12CC2. The van der Waals surface area contributed by atoms with E-state index in [4.69, 9.17) is 0 Å². The summed E-state index contributed by atoms with van der Waals surface area (Å²) in [6.45, 7) is 0.667. The predicted octanol–water partition coefficient (Wildman–Crippen LogP) is 0.802. The lowest BCUT2D eigenvalue weighted by Gasteiger charge is -2.42. The number of alkyl halides is 1. The van der Waals surface area contributed by atoms with Gasteiger partial charge < -0.3 is 0 Å². The third kappa shape index (κ3) is 0.323. The summed E-state index contributed by atoms with van der Waals surface area (Å²) in [6.07, 6.45) is 1.67. The summed E-state index contributed by atoms with van der Waals surface area (Å²) in [5.74, 6) is 0. The largest absolute Gasteiger partial charge is 0.295 e. The Morgan fingerprint density at radius 2 is 2.25 bits per heavy atom. The van der Waals surface area contributed by atoms with Crippen molar-refractivity contribution < 1.29 is 4.39 Å². The Morgan fingerprint density at radius 1 is 1.62 bits per heavy atom. The van der Waals surface area contributed by atoms with Gasteiger partial charge in [0, 0.05) is 6.54 Å². The summed E-state index contributed by atoms with van der Waals surface area (Å²) in [5, 5.41) is 0. The smallest absolute Gasteiger partial charge is 0.131 e. The van der Waals surface area contributed by atoms with Gasteiger partial charge in [0.2, 0.25) is 0 Å². The molecule has 46 valence electrons. The van der Waals surface area contributed by atoms with Crippen molar-refractivity contribution in [3.05, 3.63) is 0 Å². The fourth-order valence-corrected chi connectivity index (χ4v) is 1.54. The quantitative estimate of drug-likeness (QED) is 0.451. The van der Waals surface area contributed by atoms with Gasteiger partial charge in [0.25, 0.3) is 0 Å². The molecular formula is C6H10FN. The maximum Gasteiger partial charge on any atom is 0.131 e. The number of likely N-dealkylation sites (tertiary alicyclic amines) is 1. The van der Waals surface area contributed by atoms with Crippen molar-refractivity contribution in [2.45, 2.75) is 24.6 Å². The molecule has 8 heavy (non-hydrogen) atoms. The average molecular weight is 115 g/mol. The maximum atomic E-state index is 12.6. The van der Waals surface area contributed by atoms with Crippen LogP contribution in [0.2, 0.25) is 0 Å². The lowest BCUT2D eigenvalue weighted by molar-refractivity contribution is -0.00752. The van der Waals surface area contributed by atoms with E-state index in [-0.39, 0.29) is 5.54 Å². The topological polar surface area (TPSA) is 3.24 Å². The van der Waals surface area contributed by atoms with Crippen LogP contribution in [0.25, 0.3) is 0 Å². The molecule has 1 unspecified atom stereocenters. The first-order chi connectivity index (χ1) is 3.76. The summed E-state index contributed by atoms with van der Waals surface area (Å²) in [5.41, 5.74) is 0.0556. The molecule has 1 atom stereocenters. The second-order valence-electron chi connectivity index (χ2n) is 2.95. The molecule has 1 saturated carbocycles. The molecule has 2 heteroatoms. The highest BCUT2D eigenvalue weighted by molar-refractivity contribution is 5.16. The average Bonchev–Trinajstić information content (AvgIpc) is 2.44. The lowest BCUT2D eigenvalue weighted by atomic mass is 10.00. The number of hydrogen-bond acceptors (Lipinski definition) is 1. The second kappa shape index (κ2) is 1.08. The van der Waals surface area contributed by atoms with Crippen LogP contribution in [0.4, 0.5) is 4.39 Å². The van der Waals surface area contributed by atoms with Crippen molar-refractivity contribution in [1.82, 2.24) is 4.90 Å². The minimum Gasteiger partial charge on any atom is -0.295 e. The highest BCUT2D eigenvalue weighted by atomic mass is 19.1. The normalized spacial score (nSPS) is 42.0.